The Morgan fingerprint density at radius 3 is 2.75 bits per heavy atom. The second-order valence-corrected chi connectivity index (χ2v) is 3.99. The standard InChI is InChI=1S/C12H11F3N4O/c13-12(14,15)11(20)19-9-3-1-2-8(4-9)5-16-10-6-17-18-7-10/h1-4,6-7,16H,5H2,(H,17,18)(H,19,20). The zero-order chi connectivity index (χ0) is 14.6. The molecule has 0 bridgehead atoms. The lowest BCUT2D eigenvalue weighted by molar-refractivity contribution is -0.167. The molecular weight excluding hydrogens is 273 g/mol. The van der Waals surface area contributed by atoms with Gasteiger partial charge in [-0.3, -0.25) is 9.89 Å². The van der Waals surface area contributed by atoms with Gasteiger partial charge in [0.2, 0.25) is 0 Å². The molecule has 1 aromatic carbocycles. The van der Waals surface area contributed by atoms with Crippen LogP contribution in [0.25, 0.3) is 0 Å². The zero-order valence-corrected chi connectivity index (χ0v) is 10.2. The number of halogens is 3. The van der Waals surface area contributed by atoms with E-state index in [0.717, 1.165) is 11.3 Å². The molecule has 0 fully saturated rings. The van der Waals surface area contributed by atoms with Crippen LogP contribution in [-0.2, 0) is 11.3 Å². The lowest BCUT2D eigenvalue weighted by Crippen LogP contribution is -2.29. The summed E-state index contributed by atoms with van der Waals surface area (Å²) in [5, 5.41) is 11.2. The lowest BCUT2D eigenvalue weighted by Gasteiger charge is -2.09. The van der Waals surface area contributed by atoms with Gasteiger partial charge in [-0.25, -0.2) is 0 Å². The van der Waals surface area contributed by atoms with Gasteiger partial charge in [-0.15, -0.1) is 0 Å². The monoisotopic (exact) mass is 284 g/mol. The topological polar surface area (TPSA) is 69.8 Å². The average Bonchev–Trinajstić information content (AvgIpc) is 2.89. The maximum absolute atomic E-state index is 12.1. The van der Waals surface area contributed by atoms with Gasteiger partial charge in [0, 0.05) is 18.4 Å². The summed E-state index contributed by atoms with van der Waals surface area (Å²) >= 11 is 0. The first-order chi connectivity index (χ1) is 9.45. The summed E-state index contributed by atoms with van der Waals surface area (Å²) in [6, 6.07) is 6.16. The molecule has 0 saturated carbocycles. The average molecular weight is 284 g/mol. The van der Waals surface area contributed by atoms with Crippen molar-refractivity contribution in [2.24, 2.45) is 0 Å². The fourth-order valence-electron chi connectivity index (χ4n) is 1.51. The van der Waals surface area contributed by atoms with Crippen molar-refractivity contribution in [2.45, 2.75) is 12.7 Å². The van der Waals surface area contributed by atoms with E-state index in [1.807, 2.05) is 0 Å². The molecule has 1 aromatic heterocycles. The number of benzene rings is 1. The molecule has 0 aliphatic carbocycles. The molecule has 1 amide bonds. The summed E-state index contributed by atoms with van der Waals surface area (Å²) in [5.41, 5.74) is 1.58. The number of hydrogen-bond donors (Lipinski definition) is 3. The van der Waals surface area contributed by atoms with Gasteiger partial charge >= 0.3 is 12.1 Å². The van der Waals surface area contributed by atoms with Gasteiger partial charge in [0.15, 0.2) is 0 Å². The van der Waals surface area contributed by atoms with Gasteiger partial charge in [0.1, 0.15) is 0 Å². The van der Waals surface area contributed by atoms with E-state index >= 15 is 0 Å². The minimum Gasteiger partial charge on any atom is -0.378 e. The van der Waals surface area contributed by atoms with E-state index in [2.05, 4.69) is 15.5 Å². The predicted octanol–water partition coefficient (Wildman–Crippen LogP) is 2.52. The third-order valence-corrected chi connectivity index (χ3v) is 2.44. The van der Waals surface area contributed by atoms with Gasteiger partial charge in [-0.2, -0.15) is 18.3 Å². The fraction of sp³-hybridized carbons (Fsp3) is 0.167. The summed E-state index contributed by atoms with van der Waals surface area (Å²) in [5.74, 6) is -1.99. The minimum atomic E-state index is -4.90. The third kappa shape index (κ3) is 3.74. The normalized spacial score (nSPS) is 11.2. The number of nitrogens with zero attached hydrogens (tertiary/aromatic N) is 1. The lowest BCUT2D eigenvalue weighted by atomic mass is 10.2. The molecule has 0 spiro atoms. The molecule has 0 atom stereocenters. The Hall–Kier alpha value is -2.51. The van der Waals surface area contributed by atoms with E-state index in [1.54, 1.807) is 29.8 Å². The second kappa shape index (κ2) is 5.64. The first kappa shape index (κ1) is 13.9. The fourth-order valence-corrected chi connectivity index (χ4v) is 1.51. The summed E-state index contributed by atoms with van der Waals surface area (Å²) in [6.45, 7) is 0.398. The van der Waals surface area contributed by atoms with Gasteiger partial charge in [0.05, 0.1) is 11.9 Å². The number of hydrogen-bond acceptors (Lipinski definition) is 3. The van der Waals surface area contributed by atoms with E-state index in [0.29, 0.717) is 6.54 Å². The largest absolute Gasteiger partial charge is 0.471 e. The van der Waals surface area contributed by atoms with Crippen LogP contribution in [0.1, 0.15) is 5.56 Å². The highest BCUT2D eigenvalue weighted by molar-refractivity contribution is 5.94. The first-order valence-corrected chi connectivity index (χ1v) is 5.65. The molecule has 0 aliphatic heterocycles. The van der Waals surface area contributed by atoms with E-state index in [4.69, 9.17) is 0 Å². The van der Waals surface area contributed by atoms with Crippen molar-refractivity contribution in [3.63, 3.8) is 0 Å². The Kier molecular flexibility index (Phi) is 3.92. The molecule has 1 heterocycles. The molecule has 20 heavy (non-hydrogen) atoms. The highest BCUT2D eigenvalue weighted by Gasteiger charge is 2.38. The van der Waals surface area contributed by atoms with Crippen molar-refractivity contribution < 1.29 is 18.0 Å². The Balaban J connectivity index is 1.99. The van der Waals surface area contributed by atoms with Crippen LogP contribution in [-0.4, -0.2) is 22.3 Å². The van der Waals surface area contributed by atoms with Crippen molar-refractivity contribution in [1.29, 1.82) is 0 Å². The number of aromatic nitrogens is 2. The molecule has 2 aromatic rings. The summed E-state index contributed by atoms with van der Waals surface area (Å²) in [4.78, 5) is 10.8. The number of H-pyrrole nitrogens is 1. The maximum Gasteiger partial charge on any atom is 0.471 e. The van der Waals surface area contributed by atoms with Crippen molar-refractivity contribution in [3.8, 4) is 0 Å². The Morgan fingerprint density at radius 2 is 2.10 bits per heavy atom. The van der Waals surface area contributed by atoms with Crippen molar-refractivity contribution >= 4 is 17.3 Å². The Morgan fingerprint density at radius 1 is 1.30 bits per heavy atom. The number of alkyl halides is 3. The SMILES string of the molecule is O=C(Nc1cccc(CNc2cn[nH]c2)c1)C(F)(F)F. The molecule has 5 nitrogen and oxygen atoms in total. The molecule has 0 unspecified atom stereocenters. The smallest absolute Gasteiger partial charge is 0.378 e. The van der Waals surface area contributed by atoms with Crippen LogP contribution >= 0.6 is 0 Å². The Labute approximate surface area is 112 Å². The van der Waals surface area contributed by atoms with E-state index in [1.165, 1.54) is 12.1 Å². The van der Waals surface area contributed by atoms with Crippen LogP contribution < -0.4 is 10.6 Å². The number of carbonyl (C=O) groups is 1. The number of nitrogens with one attached hydrogen (secondary N) is 3. The van der Waals surface area contributed by atoms with Gasteiger partial charge in [-0.1, -0.05) is 12.1 Å². The van der Waals surface area contributed by atoms with Crippen LogP contribution in [0.5, 0.6) is 0 Å². The summed E-state index contributed by atoms with van der Waals surface area (Å²) in [6.07, 6.45) is -1.67. The van der Waals surface area contributed by atoms with Gasteiger partial charge in [0.25, 0.3) is 0 Å². The number of amides is 1. The number of aromatic amines is 1. The van der Waals surface area contributed by atoms with E-state index in [-0.39, 0.29) is 5.69 Å². The van der Waals surface area contributed by atoms with E-state index < -0.39 is 12.1 Å². The van der Waals surface area contributed by atoms with Crippen molar-refractivity contribution in [3.05, 3.63) is 42.2 Å². The Bertz CT molecular complexity index is 581. The highest BCUT2D eigenvalue weighted by atomic mass is 19.4. The van der Waals surface area contributed by atoms with Crippen LogP contribution in [0.3, 0.4) is 0 Å². The summed E-state index contributed by atoms with van der Waals surface area (Å²) < 4.78 is 36.4. The zero-order valence-electron chi connectivity index (χ0n) is 10.2. The maximum atomic E-state index is 12.1. The number of rotatable bonds is 4. The summed E-state index contributed by atoms with van der Waals surface area (Å²) in [7, 11) is 0. The van der Waals surface area contributed by atoms with Crippen molar-refractivity contribution in [2.75, 3.05) is 10.6 Å². The highest BCUT2D eigenvalue weighted by Crippen LogP contribution is 2.19. The minimum absolute atomic E-state index is 0.0961. The molecule has 106 valence electrons. The van der Waals surface area contributed by atoms with Gasteiger partial charge < -0.3 is 10.6 Å². The third-order valence-electron chi connectivity index (χ3n) is 2.44. The second-order valence-electron chi connectivity index (χ2n) is 3.99. The van der Waals surface area contributed by atoms with Crippen molar-refractivity contribution in [1.82, 2.24) is 10.2 Å². The quantitative estimate of drug-likeness (QED) is 0.808. The molecule has 2 rings (SSSR count). The van der Waals surface area contributed by atoms with Crippen LogP contribution in [0.2, 0.25) is 0 Å². The molecule has 0 aliphatic rings. The van der Waals surface area contributed by atoms with E-state index in [9.17, 15) is 18.0 Å². The molecule has 3 N–H and O–H groups in total. The van der Waals surface area contributed by atoms with Crippen LogP contribution in [0, 0.1) is 0 Å². The number of anilines is 2. The molecule has 8 heteroatoms. The van der Waals surface area contributed by atoms with Crippen LogP contribution in [0.4, 0.5) is 24.5 Å². The first-order valence-electron chi connectivity index (χ1n) is 5.65. The predicted molar refractivity (Wildman–Crippen MR) is 67.0 cm³/mol. The molecule has 0 radical (unpaired) electrons. The van der Waals surface area contributed by atoms with Gasteiger partial charge in [-0.05, 0) is 17.7 Å². The van der Waals surface area contributed by atoms with Crippen LogP contribution in [0.15, 0.2) is 36.7 Å². The molecule has 0 saturated heterocycles. The number of carbonyl (C=O) groups excluding carboxylic acids is 1. The molecular formula is C12H11F3N4O.